The molecule has 2 aromatic rings. The van der Waals surface area contributed by atoms with E-state index in [0.29, 0.717) is 5.92 Å². The lowest BCUT2D eigenvalue weighted by Gasteiger charge is -2.31. The van der Waals surface area contributed by atoms with Crippen molar-refractivity contribution in [1.82, 2.24) is 5.32 Å². The molecule has 1 aliphatic rings. The fourth-order valence-corrected chi connectivity index (χ4v) is 4.21. The lowest BCUT2D eigenvalue weighted by atomic mass is 9.79. The van der Waals surface area contributed by atoms with Crippen molar-refractivity contribution in [3.8, 4) is 0 Å². The Morgan fingerprint density at radius 2 is 2.14 bits per heavy atom. The standard InChI is InChI=1S/C18H19NOS/c1-3-18(20)19-13-10-16(14-7-5-4-6-12(14)2)15-8-9-21-17(15)11-13/h3-9,13,16H,1,10-11H2,2H3,(H,19,20)/t13-,16?/m0/s1. The normalized spacial score (nSPS) is 20.6. The molecule has 1 unspecified atom stereocenters. The van der Waals surface area contributed by atoms with Gasteiger partial charge < -0.3 is 5.32 Å². The molecule has 1 amide bonds. The van der Waals surface area contributed by atoms with Gasteiger partial charge in [-0.2, -0.15) is 0 Å². The van der Waals surface area contributed by atoms with Crippen molar-refractivity contribution in [3.63, 3.8) is 0 Å². The molecule has 2 nitrogen and oxygen atoms in total. The van der Waals surface area contributed by atoms with Gasteiger partial charge in [-0.1, -0.05) is 30.8 Å². The molecule has 0 fully saturated rings. The lowest BCUT2D eigenvalue weighted by molar-refractivity contribution is -0.117. The molecule has 3 heteroatoms. The molecule has 0 radical (unpaired) electrons. The third-order valence-corrected chi connectivity index (χ3v) is 5.16. The van der Waals surface area contributed by atoms with Crippen LogP contribution in [0.4, 0.5) is 0 Å². The molecule has 3 rings (SSSR count). The zero-order chi connectivity index (χ0) is 14.8. The number of hydrogen-bond acceptors (Lipinski definition) is 2. The van der Waals surface area contributed by atoms with Crippen molar-refractivity contribution in [2.75, 3.05) is 0 Å². The zero-order valence-electron chi connectivity index (χ0n) is 12.1. The SMILES string of the molecule is C=CC(=O)N[C@@H]1Cc2sccc2C(c2ccccc2C)C1. The Morgan fingerprint density at radius 1 is 1.33 bits per heavy atom. The number of fused-ring (bicyclic) bond motifs is 1. The van der Waals surface area contributed by atoms with Crippen LogP contribution in [0.2, 0.25) is 0 Å². The van der Waals surface area contributed by atoms with E-state index in [1.807, 2.05) is 0 Å². The highest BCUT2D eigenvalue weighted by Gasteiger charge is 2.30. The molecular weight excluding hydrogens is 278 g/mol. The summed E-state index contributed by atoms with van der Waals surface area (Å²) < 4.78 is 0. The zero-order valence-corrected chi connectivity index (χ0v) is 13.0. The Labute approximate surface area is 129 Å². The van der Waals surface area contributed by atoms with Gasteiger partial charge in [0, 0.05) is 23.3 Å². The van der Waals surface area contributed by atoms with Crippen LogP contribution in [-0.2, 0) is 11.2 Å². The van der Waals surface area contributed by atoms with Crippen LogP contribution in [-0.4, -0.2) is 11.9 Å². The molecule has 1 aromatic carbocycles. The number of rotatable bonds is 3. The fourth-order valence-electron chi connectivity index (χ4n) is 3.19. The summed E-state index contributed by atoms with van der Waals surface area (Å²) >= 11 is 1.79. The summed E-state index contributed by atoms with van der Waals surface area (Å²) in [5.41, 5.74) is 4.11. The second kappa shape index (κ2) is 5.86. The Hall–Kier alpha value is -1.87. The van der Waals surface area contributed by atoms with E-state index in [4.69, 9.17) is 0 Å². The Balaban J connectivity index is 1.95. The first kappa shape index (κ1) is 14.1. The molecular formula is C18H19NOS. The number of aryl methyl sites for hydroxylation is 1. The number of benzene rings is 1. The number of amides is 1. The Morgan fingerprint density at radius 3 is 2.90 bits per heavy atom. The van der Waals surface area contributed by atoms with E-state index in [2.05, 4.69) is 54.5 Å². The molecule has 0 saturated carbocycles. The summed E-state index contributed by atoms with van der Waals surface area (Å²) in [5, 5.41) is 5.23. The maximum atomic E-state index is 11.6. The number of carbonyl (C=O) groups excluding carboxylic acids is 1. The van der Waals surface area contributed by atoms with E-state index >= 15 is 0 Å². The van der Waals surface area contributed by atoms with Crippen molar-refractivity contribution < 1.29 is 4.79 Å². The van der Waals surface area contributed by atoms with Crippen molar-refractivity contribution in [2.45, 2.75) is 31.7 Å². The lowest BCUT2D eigenvalue weighted by Crippen LogP contribution is -2.39. The fraction of sp³-hybridized carbons (Fsp3) is 0.278. The predicted molar refractivity (Wildman–Crippen MR) is 87.8 cm³/mol. The topological polar surface area (TPSA) is 29.1 Å². The minimum Gasteiger partial charge on any atom is -0.349 e. The highest BCUT2D eigenvalue weighted by atomic mass is 32.1. The van der Waals surface area contributed by atoms with Gasteiger partial charge >= 0.3 is 0 Å². The first-order chi connectivity index (χ1) is 10.2. The van der Waals surface area contributed by atoms with Crippen LogP contribution in [0, 0.1) is 6.92 Å². The van der Waals surface area contributed by atoms with Crippen molar-refractivity contribution in [2.24, 2.45) is 0 Å². The summed E-state index contributed by atoms with van der Waals surface area (Å²) in [6.45, 7) is 5.70. The molecule has 2 atom stereocenters. The monoisotopic (exact) mass is 297 g/mol. The highest BCUT2D eigenvalue weighted by Crippen LogP contribution is 2.40. The summed E-state index contributed by atoms with van der Waals surface area (Å²) in [4.78, 5) is 13.0. The summed E-state index contributed by atoms with van der Waals surface area (Å²) in [5.74, 6) is 0.292. The van der Waals surface area contributed by atoms with Gasteiger partial charge in [-0.25, -0.2) is 0 Å². The molecule has 1 aliphatic carbocycles. The van der Waals surface area contributed by atoms with Crippen molar-refractivity contribution >= 4 is 17.2 Å². The van der Waals surface area contributed by atoms with E-state index in [9.17, 15) is 4.79 Å². The second-order valence-corrected chi connectivity index (χ2v) is 6.56. The number of nitrogens with one attached hydrogen (secondary N) is 1. The van der Waals surface area contributed by atoms with Gasteiger partial charge in [-0.05, 0) is 47.6 Å². The van der Waals surface area contributed by atoms with Crippen molar-refractivity contribution in [1.29, 1.82) is 0 Å². The minimum atomic E-state index is -0.0801. The largest absolute Gasteiger partial charge is 0.349 e. The first-order valence-electron chi connectivity index (χ1n) is 7.23. The minimum absolute atomic E-state index is 0.0801. The molecule has 1 aromatic heterocycles. The van der Waals surface area contributed by atoms with E-state index in [0.717, 1.165) is 12.8 Å². The van der Waals surface area contributed by atoms with E-state index < -0.39 is 0 Å². The smallest absolute Gasteiger partial charge is 0.243 e. The van der Waals surface area contributed by atoms with Crippen LogP contribution < -0.4 is 5.32 Å². The predicted octanol–water partition coefficient (Wildman–Crippen LogP) is 3.81. The van der Waals surface area contributed by atoms with Crippen LogP contribution in [0.25, 0.3) is 0 Å². The average Bonchev–Trinajstić information content (AvgIpc) is 2.95. The Bertz CT molecular complexity index is 673. The average molecular weight is 297 g/mol. The van der Waals surface area contributed by atoms with Crippen LogP contribution >= 0.6 is 11.3 Å². The number of carbonyl (C=O) groups is 1. The maximum absolute atomic E-state index is 11.6. The van der Waals surface area contributed by atoms with E-state index in [1.165, 1.54) is 27.6 Å². The van der Waals surface area contributed by atoms with Gasteiger partial charge in [0.05, 0.1) is 0 Å². The second-order valence-electron chi connectivity index (χ2n) is 5.56. The van der Waals surface area contributed by atoms with E-state index in [-0.39, 0.29) is 11.9 Å². The van der Waals surface area contributed by atoms with Gasteiger partial charge in [-0.3, -0.25) is 4.79 Å². The molecule has 0 bridgehead atoms. The quantitative estimate of drug-likeness (QED) is 0.858. The van der Waals surface area contributed by atoms with Gasteiger partial charge in [0.15, 0.2) is 0 Å². The Kier molecular flexibility index (Phi) is 3.93. The molecule has 1 heterocycles. The summed E-state index contributed by atoms with van der Waals surface area (Å²) in [6, 6.07) is 11.0. The number of thiophene rings is 1. The van der Waals surface area contributed by atoms with Gasteiger partial charge in [0.25, 0.3) is 0 Å². The molecule has 0 saturated heterocycles. The third kappa shape index (κ3) is 2.79. The van der Waals surface area contributed by atoms with Gasteiger partial charge in [0.1, 0.15) is 0 Å². The van der Waals surface area contributed by atoms with Gasteiger partial charge in [0.2, 0.25) is 5.91 Å². The van der Waals surface area contributed by atoms with Crippen LogP contribution in [0.3, 0.4) is 0 Å². The molecule has 108 valence electrons. The molecule has 0 aliphatic heterocycles. The summed E-state index contributed by atoms with van der Waals surface area (Å²) in [7, 11) is 0. The van der Waals surface area contributed by atoms with Gasteiger partial charge in [-0.15, -0.1) is 11.3 Å². The van der Waals surface area contributed by atoms with Crippen LogP contribution in [0.5, 0.6) is 0 Å². The van der Waals surface area contributed by atoms with Crippen molar-refractivity contribution in [3.05, 3.63) is 69.9 Å². The van der Waals surface area contributed by atoms with E-state index in [1.54, 1.807) is 11.3 Å². The highest BCUT2D eigenvalue weighted by molar-refractivity contribution is 7.10. The first-order valence-corrected chi connectivity index (χ1v) is 8.11. The number of hydrogen-bond donors (Lipinski definition) is 1. The van der Waals surface area contributed by atoms with Crippen LogP contribution in [0.15, 0.2) is 48.4 Å². The van der Waals surface area contributed by atoms with Crippen LogP contribution in [0.1, 0.15) is 33.9 Å². The summed E-state index contributed by atoms with van der Waals surface area (Å²) in [6.07, 6.45) is 3.23. The molecule has 21 heavy (non-hydrogen) atoms. The molecule has 1 N–H and O–H groups in total. The third-order valence-electron chi connectivity index (χ3n) is 4.20. The molecule has 0 spiro atoms. The maximum Gasteiger partial charge on any atom is 0.243 e.